The van der Waals surface area contributed by atoms with Gasteiger partial charge in [0.2, 0.25) is 0 Å². The highest BCUT2D eigenvalue weighted by atomic mass is 35.5. The second kappa shape index (κ2) is 9.21. The van der Waals surface area contributed by atoms with Crippen molar-refractivity contribution in [2.75, 3.05) is 0 Å². The molecule has 8 heteroatoms. The predicted octanol–water partition coefficient (Wildman–Crippen LogP) is 5.75. The summed E-state index contributed by atoms with van der Waals surface area (Å²) in [6, 6.07) is 12.2. The Balaban J connectivity index is 1.80. The molecule has 5 nitrogen and oxygen atoms in total. The van der Waals surface area contributed by atoms with Crippen LogP contribution < -0.4 is 5.32 Å². The number of rotatable bonds is 4. The summed E-state index contributed by atoms with van der Waals surface area (Å²) in [6.07, 6.45) is 2.84. The summed E-state index contributed by atoms with van der Waals surface area (Å²) in [5.74, 6) is -0.0938. The van der Waals surface area contributed by atoms with Gasteiger partial charge in [-0.2, -0.15) is 0 Å². The number of carbonyl (C=O) groups excluding carboxylic acids is 1. The minimum atomic E-state index is -0.543. The van der Waals surface area contributed by atoms with E-state index in [0.29, 0.717) is 32.7 Å². The average molecular weight is 479 g/mol. The van der Waals surface area contributed by atoms with Crippen molar-refractivity contribution in [3.05, 3.63) is 63.4 Å². The molecule has 1 amide bonds. The van der Waals surface area contributed by atoms with E-state index in [0.717, 1.165) is 30.5 Å². The molecular formula is C23H22Cl3N3O2. The Hall–Kier alpha value is -2.05. The lowest BCUT2D eigenvalue weighted by molar-refractivity contribution is 0.0708. The first kappa shape index (κ1) is 22.2. The van der Waals surface area contributed by atoms with E-state index in [-0.39, 0.29) is 17.8 Å². The fourth-order valence-corrected chi connectivity index (χ4v) is 4.65. The van der Waals surface area contributed by atoms with E-state index >= 15 is 0 Å². The van der Waals surface area contributed by atoms with Gasteiger partial charge in [-0.3, -0.25) is 4.79 Å². The molecule has 1 fully saturated rings. The Labute approximate surface area is 196 Å². The highest BCUT2D eigenvalue weighted by Crippen LogP contribution is 2.37. The first-order chi connectivity index (χ1) is 14.8. The van der Waals surface area contributed by atoms with Crippen LogP contribution in [0, 0.1) is 0 Å². The molecule has 3 aromatic rings. The third-order valence-corrected chi connectivity index (χ3v) is 6.45. The molecular weight excluding hydrogens is 457 g/mol. The average Bonchev–Trinajstić information content (AvgIpc) is 3.07. The monoisotopic (exact) mass is 477 g/mol. The van der Waals surface area contributed by atoms with E-state index in [4.69, 9.17) is 34.8 Å². The number of nitrogens with zero attached hydrogens (tertiary/aromatic N) is 2. The normalized spacial score (nSPS) is 18.7. The van der Waals surface area contributed by atoms with E-state index in [1.54, 1.807) is 41.9 Å². The third kappa shape index (κ3) is 4.60. The van der Waals surface area contributed by atoms with Crippen LogP contribution in [0.25, 0.3) is 22.5 Å². The summed E-state index contributed by atoms with van der Waals surface area (Å²) in [6.45, 7) is 0. The molecule has 2 aromatic carbocycles. The van der Waals surface area contributed by atoms with Crippen molar-refractivity contribution < 1.29 is 9.90 Å². The van der Waals surface area contributed by atoms with Gasteiger partial charge >= 0.3 is 0 Å². The Morgan fingerprint density at radius 1 is 1.06 bits per heavy atom. The zero-order valence-corrected chi connectivity index (χ0v) is 19.2. The van der Waals surface area contributed by atoms with Crippen LogP contribution in [-0.2, 0) is 7.05 Å². The molecule has 1 saturated carbocycles. The van der Waals surface area contributed by atoms with Crippen molar-refractivity contribution in [3.63, 3.8) is 0 Å². The van der Waals surface area contributed by atoms with Gasteiger partial charge in [0.1, 0.15) is 0 Å². The summed E-state index contributed by atoms with van der Waals surface area (Å²) in [4.78, 5) is 17.8. The number of aliphatic hydroxyl groups is 1. The molecule has 2 N–H and O–H groups in total. The van der Waals surface area contributed by atoms with E-state index in [1.807, 2.05) is 12.1 Å². The van der Waals surface area contributed by atoms with Gasteiger partial charge in [0.15, 0.2) is 5.82 Å². The van der Waals surface area contributed by atoms with Gasteiger partial charge in [-0.15, -0.1) is 0 Å². The van der Waals surface area contributed by atoms with Gasteiger partial charge in [0.25, 0.3) is 5.91 Å². The maximum Gasteiger partial charge on any atom is 0.287 e. The largest absolute Gasteiger partial charge is 0.391 e. The number of halogens is 3. The van der Waals surface area contributed by atoms with Crippen LogP contribution in [0.1, 0.15) is 36.3 Å². The number of carbonyl (C=O) groups is 1. The highest BCUT2D eigenvalue weighted by molar-refractivity contribution is 6.36. The van der Waals surface area contributed by atoms with Crippen molar-refractivity contribution in [1.82, 2.24) is 14.9 Å². The SMILES string of the molecule is Cn1c(C(=O)NC2CCCCC2O)nc(-c2ccc(Cl)cc2Cl)c1-c1ccc(Cl)cc1. The molecule has 0 spiro atoms. The summed E-state index contributed by atoms with van der Waals surface area (Å²) >= 11 is 18.6. The molecule has 1 heterocycles. The number of nitrogens with one attached hydrogen (secondary N) is 1. The maximum absolute atomic E-state index is 13.1. The van der Waals surface area contributed by atoms with E-state index in [2.05, 4.69) is 10.3 Å². The topological polar surface area (TPSA) is 67.2 Å². The number of hydrogen-bond acceptors (Lipinski definition) is 3. The lowest BCUT2D eigenvalue weighted by Gasteiger charge is -2.28. The van der Waals surface area contributed by atoms with Gasteiger partial charge in [0, 0.05) is 28.2 Å². The number of imidazole rings is 1. The molecule has 31 heavy (non-hydrogen) atoms. The van der Waals surface area contributed by atoms with Crippen LogP contribution in [0.4, 0.5) is 0 Å². The standard InChI is InChI=1S/C23H22Cl3N3O2/c1-29-21(13-6-8-14(24)9-7-13)20(16-11-10-15(25)12-17(16)26)28-22(29)23(31)27-18-4-2-3-5-19(18)30/h6-12,18-19,30H,2-5H2,1H3,(H,27,31). The Bertz CT molecular complexity index is 1110. The van der Waals surface area contributed by atoms with E-state index in [9.17, 15) is 9.90 Å². The summed E-state index contributed by atoms with van der Waals surface area (Å²) in [5, 5.41) is 14.8. The minimum Gasteiger partial charge on any atom is -0.391 e. The van der Waals surface area contributed by atoms with Crippen LogP contribution in [0.2, 0.25) is 15.1 Å². The van der Waals surface area contributed by atoms with Gasteiger partial charge in [-0.1, -0.05) is 59.8 Å². The number of aliphatic hydroxyl groups excluding tert-OH is 1. The fourth-order valence-electron chi connectivity index (χ4n) is 4.02. The second-order valence-electron chi connectivity index (χ2n) is 7.75. The van der Waals surface area contributed by atoms with Gasteiger partial charge in [0.05, 0.1) is 28.6 Å². The van der Waals surface area contributed by atoms with Crippen molar-refractivity contribution in [2.24, 2.45) is 7.05 Å². The van der Waals surface area contributed by atoms with E-state index in [1.165, 1.54) is 0 Å². The van der Waals surface area contributed by atoms with Crippen LogP contribution in [0.15, 0.2) is 42.5 Å². The molecule has 1 aromatic heterocycles. The number of benzene rings is 2. The molecule has 4 rings (SSSR count). The smallest absolute Gasteiger partial charge is 0.287 e. The zero-order valence-electron chi connectivity index (χ0n) is 16.9. The molecule has 1 aliphatic carbocycles. The summed E-state index contributed by atoms with van der Waals surface area (Å²) < 4.78 is 1.74. The maximum atomic E-state index is 13.1. The van der Waals surface area contributed by atoms with Gasteiger partial charge in [-0.05, 0) is 43.2 Å². The molecule has 0 bridgehead atoms. The minimum absolute atomic E-state index is 0.240. The van der Waals surface area contributed by atoms with Crippen molar-refractivity contribution >= 4 is 40.7 Å². The molecule has 162 valence electrons. The third-order valence-electron chi connectivity index (χ3n) is 5.65. The first-order valence-electron chi connectivity index (χ1n) is 10.1. The number of hydrogen-bond donors (Lipinski definition) is 2. The van der Waals surface area contributed by atoms with Crippen molar-refractivity contribution in [1.29, 1.82) is 0 Å². The Morgan fingerprint density at radius 3 is 2.42 bits per heavy atom. The molecule has 2 unspecified atom stereocenters. The van der Waals surface area contributed by atoms with E-state index < -0.39 is 6.10 Å². The number of aromatic nitrogens is 2. The lowest BCUT2D eigenvalue weighted by Crippen LogP contribution is -2.45. The zero-order chi connectivity index (χ0) is 22.1. The molecule has 0 radical (unpaired) electrons. The van der Waals surface area contributed by atoms with Crippen LogP contribution in [0.5, 0.6) is 0 Å². The van der Waals surface area contributed by atoms with Gasteiger partial charge < -0.3 is 15.0 Å². The van der Waals surface area contributed by atoms with Crippen molar-refractivity contribution in [3.8, 4) is 22.5 Å². The molecule has 0 saturated heterocycles. The number of amides is 1. The van der Waals surface area contributed by atoms with Crippen LogP contribution in [-0.4, -0.2) is 32.7 Å². The fraction of sp³-hybridized carbons (Fsp3) is 0.304. The Morgan fingerprint density at radius 2 is 1.74 bits per heavy atom. The Kier molecular flexibility index (Phi) is 6.58. The summed E-state index contributed by atoms with van der Waals surface area (Å²) in [7, 11) is 1.79. The van der Waals surface area contributed by atoms with Gasteiger partial charge in [-0.25, -0.2) is 4.98 Å². The molecule has 2 atom stereocenters. The predicted molar refractivity (Wildman–Crippen MR) is 125 cm³/mol. The molecule has 0 aliphatic heterocycles. The quantitative estimate of drug-likeness (QED) is 0.502. The first-order valence-corrected chi connectivity index (χ1v) is 11.3. The van der Waals surface area contributed by atoms with Crippen molar-refractivity contribution in [2.45, 2.75) is 37.8 Å². The lowest BCUT2D eigenvalue weighted by atomic mass is 9.92. The summed E-state index contributed by atoms with van der Waals surface area (Å²) in [5.41, 5.74) is 2.82. The second-order valence-corrected chi connectivity index (χ2v) is 9.03. The molecule has 1 aliphatic rings. The highest BCUT2D eigenvalue weighted by Gasteiger charge is 2.28. The van der Waals surface area contributed by atoms with Crippen LogP contribution in [0.3, 0.4) is 0 Å². The van der Waals surface area contributed by atoms with Crippen LogP contribution >= 0.6 is 34.8 Å².